The van der Waals surface area contributed by atoms with Gasteiger partial charge in [0.1, 0.15) is 0 Å². The van der Waals surface area contributed by atoms with Crippen LogP contribution < -0.4 is 9.62 Å². The third-order valence-electron chi connectivity index (χ3n) is 4.44. The largest absolute Gasteiger partial charge is 0.322 e. The van der Waals surface area contributed by atoms with Gasteiger partial charge < -0.3 is 5.32 Å². The molecule has 0 aliphatic carbocycles. The number of hydrogen-bond donors (Lipinski definition) is 1. The van der Waals surface area contributed by atoms with Crippen molar-refractivity contribution in [3.05, 3.63) is 57.6 Å². The van der Waals surface area contributed by atoms with Gasteiger partial charge in [0.25, 0.3) is 5.91 Å². The molecule has 2 aromatic rings. The van der Waals surface area contributed by atoms with Crippen LogP contribution in [-0.2, 0) is 14.8 Å². The summed E-state index contributed by atoms with van der Waals surface area (Å²) >= 11 is 12.2. The van der Waals surface area contributed by atoms with Crippen molar-refractivity contribution in [3.63, 3.8) is 0 Å². The van der Waals surface area contributed by atoms with Crippen molar-refractivity contribution in [2.45, 2.75) is 20.8 Å². The molecule has 1 aliphatic rings. The second kappa shape index (κ2) is 7.06. The number of rotatable bonds is 3. The van der Waals surface area contributed by atoms with Gasteiger partial charge in [0.15, 0.2) is 0 Å². The Kier molecular flexibility index (Phi) is 5.20. The molecule has 2 amide bonds. The molecule has 1 aliphatic heterocycles. The lowest BCUT2D eigenvalue weighted by atomic mass is 9.95. The Morgan fingerprint density at radius 2 is 1.79 bits per heavy atom. The van der Waals surface area contributed by atoms with Crippen molar-refractivity contribution in [1.29, 1.82) is 0 Å². The Balaban J connectivity index is 1.97. The summed E-state index contributed by atoms with van der Waals surface area (Å²) in [6.07, 6.45) is 0. The number of carbonyl (C=O) groups is 2. The summed E-state index contributed by atoms with van der Waals surface area (Å²) in [5.74, 6) is -1.40. The topological polar surface area (TPSA) is 83.6 Å². The molecule has 2 aromatic carbocycles. The smallest absolute Gasteiger partial charge is 0.257 e. The summed E-state index contributed by atoms with van der Waals surface area (Å²) in [5.41, 5.74) is 0.406. The molecule has 0 atom stereocenters. The van der Waals surface area contributed by atoms with E-state index >= 15 is 0 Å². The van der Waals surface area contributed by atoms with Gasteiger partial charge in [-0.1, -0.05) is 29.3 Å². The molecule has 0 radical (unpaired) electrons. The van der Waals surface area contributed by atoms with Gasteiger partial charge in [-0.3, -0.25) is 9.59 Å². The summed E-state index contributed by atoms with van der Waals surface area (Å²) in [5, 5.41) is 3.29. The lowest BCUT2D eigenvalue weighted by Crippen LogP contribution is -2.33. The van der Waals surface area contributed by atoms with E-state index in [2.05, 4.69) is 5.32 Å². The van der Waals surface area contributed by atoms with Crippen LogP contribution >= 0.6 is 23.2 Å². The standard InChI is InChI=1S/C19H18Cl2N2O4S/c1-11-4-5-12(8-16(11)21)22-17(24)14-9-13(6-7-15(14)20)23-18(25)19(2,3)10-28(23,26)27/h4-9H,10H2,1-3H3,(H,22,24). The molecule has 3 rings (SSSR count). The number of hydrogen-bond acceptors (Lipinski definition) is 4. The highest BCUT2D eigenvalue weighted by Gasteiger charge is 2.50. The fraction of sp³-hybridized carbons (Fsp3) is 0.263. The average Bonchev–Trinajstić information content (AvgIpc) is 2.75. The van der Waals surface area contributed by atoms with E-state index in [1.165, 1.54) is 18.2 Å². The van der Waals surface area contributed by atoms with Crippen LogP contribution in [0.5, 0.6) is 0 Å². The number of sulfonamides is 1. The average molecular weight is 441 g/mol. The van der Waals surface area contributed by atoms with Gasteiger partial charge in [-0.15, -0.1) is 0 Å². The van der Waals surface area contributed by atoms with Crippen LogP contribution in [0.3, 0.4) is 0 Å². The van der Waals surface area contributed by atoms with E-state index in [4.69, 9.17) is 23.2 Å². The second-order valence-corrected chi connectivity index (χ2v) is 9.92. The predicted molar refractivity (Wildman–Crippen MR) is 111 cm³/mol. The van der Waals surface area contributed by atoms with Crippen LogP contribution in [-0.4, -0.2) is 26.0 Å². The normalized spacial score (nSPS) is 17.6. The van der Waals surface area contributed by atoms with Gasteiger partial charge in [0.2, 0.25) is 15.9 Å². The van der Waals surface area contributed by atoms with Crippen molar-refractivity contribution in [1.82, 2.24) is 0 Å². The van der Waals surface area contributed by atoms with Gasteiger partial charge in [0, 0.05) is 10.7 Å². The molecule has 6 nitrogen and oxygen atoms in total. The Morgan fingerprint density at radius 1 is 1.11 bits per heavy atom. The van der Waals surface area contributed by atoms with Crippen LogP contribution in [0.25, 0.3) is 0 Å². The van der Waals surface area contributed by atoms with E-state index in [0.29, 0.717) is 10.7 Å². The Labute approximate surface area is 173 Å². The maximum atomic E-state index is 12.7. The quantitative estimate of drug-likeness (QED) is 0.772. The predicted octanol–water partition coefficient (Wildman–Crippen LogP) is 4.26. The maximum absolute atomic E-state index is 12.7. The summed E-state index contributed by atoms with van der Waals surface area (Å²) in [7, 11) is -3.83. The highest BCUT2D eigenvalue weighted by molar-refractivity contribution is 7.94. The zero-order valence-electron chi connectivity index (χ0n) is 15.4. The molecule has 28 heavy (non-hydrogen) atoms. The summed E-state index contributed by atoms with van der Waals surface area (Å²) in [6, 6.07) is 9.13. The molecule has 1 saturated heterocycles. The fourth-order valence-electron chi connectivity index (χ4n) is 2.94. The molecular weight excluding hydrogens is 423 g/mol. The minimum Gasteiger partial charge on any atom is -0.322 e. The van der Waals surface area contributed by atoms with Crippen molar-refractivity contribution in [3.8, 4) is 0 Å². The Morgan fingerprint density at radius 3 is 2.36 bits per heavy atom. The minimum absolute atomic E-state index is 0.0450. The van der Waals surface area contributed by atoms with Gasteiger partial charge in [0.05, 0.1) is 27.4 Å². The molecule has 0 unspecified atom stereocenters. The first kappa shape index (κ1) is 20.6. The van der Waals surface area contributed by atoms with Crippen LogP contribution in [0.15, 0.2) is 36.4 Å². The zero-order chi connectivity index (χ0) is 20.9. The minimum atomic E-state index is -3.83. The first-order chi connectivity index (χ1) is 12.9. The van der Waals surface area contributed by atoms with Gasteiger partial charge >= 0.3 is 0 Å². The molecule has 0 saturated carbocycles. The van der Waals surface area contributed by atoms with Crippen LogP contribution in [0.2, 0.25) is 10.0 Å². The second-order valence-electron chi connectivity index (χ2n) is 7.29. The first-order valence-corrected chi connectivity index (χ1v) is 10.7. The monoisotopic (exact) mass is 440 g/mol. The lowest BCUT2D eigenvalue weighted by molar-refractivity contribution is -0.123. The Hall–Kier alpha value is -2.09. The third-order valence-corrected chi connectivity index (χ3v) is 7.20. The molecule has 148 valence electrons. The number of nitrogens with one attached hydrogen (secondary N) is 1. The van der Waals surface area contributed by atoms with Crippen molar-refractivity contribution in [2.75, 3.05) is 15.4 Å². The third kappa shape index (κ3) is 3.74. The number of benzene rings is 2. The van der Waals surface area contributed by atoms with Gasteiger partial charge in [-0.2, -0.15) is 0 Å². The van der Waals surface area contributed by atoms with Crippen LogP contribution in [0.4, 0.5) is 11.4 Å². The number of aryl methyl sites for hydroxylation is 1. The number of anilines is 2. The highest BCUT2D eigenvalue weighted by atomic mass is 35.5. The van der Waals surface area contributed by atoms with Crippen LogP contribution in [0.1, 0.15) is 29.8 Å². The molecule has 1 heterocycles. The number of halogens is 2. The van der Waals surface area contributed by atoms with E-state index < -0.39 is 27.3 Å². The van der Waals surface area contributed by atoms with Crippen molar-refractivity contribution in [2.24, 2.45) is 5.41 Å². The number of amides is 2. The molecule has 0 spiro atoms. The first-order valence-electron chi connectivity index (χ1n) is 8.37. The molecule has 1 fully saturated rings. The van der Waals surface area contributed by atoms with E-state index in [-0.39, 0.29) is 22.0 Å². The zero-order valence-corrected chi connectivity index (χ0v) is 17.7. The maximum Gasteiger partial charge on any atom is 0.257 e. The van der Waals surface area contributed by atoms with E-state index in [1.807, 2.05) is 6.92 Å². The molecule has 9 heteroatoms. The van der Waals surface area contributed by atoms with Crippen molar-refractivity contribution < 1.29 is 18.0 Å². The van der Waals surface area contributed by atoms with Crippen LogP contribution in [0, 0.1) is 12.3 Å². The molecule has 1 N–H and O–H groups in total. The van der Waals surface area contributed by atoms with Gasteiger partial charge in [-0.05, 0) is 56.7 Å². The van der Waals surface area contributed by atoms with E-state index in [0.717, 1.165) is 9.87 Å². The number of carbonyl (C=O) groups excluding carboxylic acids is 2. The lowest BCUT2D eigenvalue weighted by Gasteiger charge is -2.18. The van der Waals surface area contributed by atoms with E-state index in [9.17, 15) is 18.0 Å². The van der Waals surface area contributed by atoms with Gasteiger partial charge in [-0.25, -0.2) is 12.7 Å². The molecular formula is C19H18Cl2N2O4S. The summed E-state index contributed by atoms with van der Waals surface area (Å²) < 4.78 is 25.7. The molecule has 0 aromatic heterocycles. The molecule has 0 bridgehead atoms. The van der Waals surface area contributed by atoms with E-state index in [1.54, 1.807) is 32.0 Å². The van der Waals surface area contributed by atoms with Crippen molar-refractivity contribution >= 4 is 56.4 Å². The SMILES string of the molecule is Cc1ccc(NC(=O)c2cc(N3C(=O)C(C)(C)CS3(=O)=O)ccc2Cl)cc1Cl. The summed E-state index contributed by atoms with van der Waals surface area (Å²) in [4.78, 5) is 25.2. The fourth-order valence-corrected chi connectivity index (χ4v) is 5.43. The summed E-state index contributed by atoms with van der Waals surface area (Å²) in [6.45, 7) is 4.97. The number of nitrogens with zero attached hydrogens (tertiary/aromatic N) is 1. The Bertz CT molecular complexity index is 1100. The highest BCUT2D eigenvalue weighted by Crippen LogP contribution is 2.37.